The summed E-state index contributed by atoms with van der Waals surface area (Å²) in [4.78, 5) is 45.5. The number of pyridine rings is 1. The molecule has 2 heterocycles. The van der Waals surface area contributed by atoms with Crippen LogP contribution in [0.2, 0.25) is 0 Å². The summed E-state index contributed by atoms with van der Waals surface area (Å²) in [5, 5.41) is 3.74. The maximum absolute atomic E-state index is 13.1. The van der Waals surface area contributed by atoms with Gasteiger partial charge in [0.25, 0.3) is 0 Å². The molecule has 8 nitrogen and oxygen atoms in total. The van der Waals surface area contributed by atoms with Crippen molar-refractivity contribution in [2.45, 2.75) is 47.1 Å². The van der Waals surface area contributed by atoms with Crippen molar-refractivity contribution in [1.29, 1.82) is 0 Å². The van der Waals surface area contributed by atoms with Gasteiger partial charge in [0.15, 0.2) is 0 Å². The third kappa shape index (κ3) is 6.64. The maximum Gasteiger partial charge on any atom is 0.246 e. The third-order valence-corrected chi connectivity index (χ3v) is 8.17. The first-order valence-electron chi connectivity index (χ1n) is 14.8. The average molecular weight is 591 g/mol. The zero-order valence-electron chi connectivity index (χ0n) is 25.9. The number of aryl methyl sites for hydroxylation is 3. The fourth-order valence-electron chi connectivity index (χ4n) is 5.62. The standard InChI is InChI=1S/C36H38N4O4/c1-23-11-17-31(26(4)30(23)22-44-32-9-6-8-29-24(2)20-25(3)38-36(29)32)39(5)35(43)21-37-33(41)18-14-27-12-15-28(16-13-27)40-19-7-10-34(40)42/h6,8-9,11-18,20H,7,10,19,21-22H2,1-5H3,(H,37,41). The summed E-state index contributed by atoms with van der Waals surface area (Å²) in [6, 6.07) is 19.4. The number of nitrogens with zero attached hydrogens (tertiary/aromatic N) is 3. The zero-order valence-corrected chi connectivity index (χ0v) is 25.9. The highest BCUT2D eigenvalue weighted by molar-refractivity contribution is 6.00. The Balaban J connectivity index is 1.20. The van der Waals surface area contributed by atoms with Gasteiger partial charge in [-0.3, -0.25) is 14.4 Å². The normalized spacial score (nSPS) is 13.1. The van der Waals surface area contributed by atoms with Crippen LogP contribution >= 0.6 is 0 Å². The van der Waals surface area contributed by atoms with Crippen LogP contribution in [0.25, 0.3) is 17.0 Å². The van der Waals surface area contributed by atoms with Gasteiger partial charge in [-0.15, -0.1) is 0 Å². The van der Waals surface area contributed by atoms with E-state index in [1.807, 2.05) is 75.4 Å². The Morgan fingerprint density at radius 2 is 1.80 bits per heavy atom. The van der Waals surface area contributed by atoms with E-state index in [2.05, 4.69) is 18.3 Å². The topological polar surface area (TPSA) is 91.8 Å². The molecule has 8 heteroatoms. The first kappa shape index (κ1) is 30.5. The van der Waals surface area contributed by atoms with Gasteiger partial charge in [0.05, 0.1) is 6.54 Å². The molecule has 1 aromatic heterocycles. The van der Waals surface area contributed by atoms with Crippen LogP contribution in [0.15, 0.2) is 66.7 Å². The fraction of sp³-hybridized carbons (Fsp3) is 0.278. The van der Waals surface area contributed by atoms with Crippen molar-refractivity contribution in [3.8, 4) is 5.75 Å². The first-order valence-corrected chi connectivity index (χ1v) is 14.8. The van der Waals surface area contributed by atoms with Gasteiger partial charge in [-0.25, -0.2) is 4.98 Å². The average Bonchev–Trinajstić information content (AvgIpc) is 3.44. The second kappa shape index (κ2) is 13.1. The minimum absolute atomic E-state index is 0.135. The second-order valence-electron chi connectivity index (χ2n) is 11.3. The Labute approximate surface area is 258 Å². The SMILES string of the molecule is Cc1cc(C)c2cccc(OCc3c(C)ccc(N(C)C(=O)CNC(=O)C=Cc4ccc(N5CCCC5=O)cc4)c3C)c2n1. The van der Waals surface area contributed by atoms with E-state index < -0.39 is 0 Å². The molecular formula is C36H38N4O4. The predicted octanol–water partition coefficient (Wildman–Crippen LogP) is 5.97. The maximum atomic E-state index is 13.1. The molecule has 0 bridgehead atoms. The van der Waals surface area contributed by atoms with Crippen molar-refractivity contribution in [2.75, 3.05) is 29.9 Å². The van der Waals surface area contributed by atoms with Crippen LogP contribution in [0.3, 0.4) is 0 Å². The number of anilines is 2. The van der Waals surface area contributed by atoms with Crippen LogP contribution < -0.4 is 19.9 Å². The molecule has 0 unspecified atom stereocenters. The summed E-state index contributed by atoms with van der Waals surface area (Å²) in [7, 11) is 1.71. The fourth-order valence-corrected chi connectivity index (χ4v) is 5.62. The number of hydrogen-bond donors (Lipinski definition) is 1. The molecule has 44 heavy (non-hydrogen) atoms. The number of carbonyl (C=O) groups is 3. The molecule has 1 fully saturated rings. The molecule has 3 amide bonds. The van der Waals surface area contributed by atoms with Gasteiger partial charge < -0.3 is 19.9 Å². The van der Waals surface area contributed by atoms with Crippen molar-refractivity contribution >= 4 is 46.1 Å². The molecule has 1 N–H and O–H groups in total. The summed E-state index contributed by atoms with van der Waals surface area (Å²) >= 11 is 0. The minimum atomic E-state index is -0.366. The predicted molar refractivity (Wildman–Crippen MR) is 175 cm³/mol. The second-order valence-corrected chi connectivity index (χ2v) is 11.3. The summed E-state index contributed by atoms with van der Waals surface area (Å²) in [6.45, 7) is 8.98. The van der Waals surface area contributed by atoms with E-state index in [-0.39, 0.29) is 24.3 Å². The molecule has 0 atom stereocenters. The third-order valence-electron chi connectivity index (χ3n) is 8.17. The summed E-state index contributed by atoms with van der Waals surface area (Å²) in [5.41, 5.74) is 8.36. The van der Waals surface area contributed by atoms with E-state index in [0.29, 0.717) is 13.0 Å². The molecule has 0 radical (unpaired) electrons. The lowest BCUT2D eigenvalue weighted by Crippen LogP contribution is -2.38. The van der Waals surface area contributed by atoms with Gasteiger partial charge >= 0.3 is 0 Å². The van der Waals surface area contributed by atoms with Crippen LogP contribution in [0.1, 0.15) is 46.4 Å². The summed E-state index contributed by atoms with van der Waals surface area (Å²) in [6.07, 6.45) is 4.54. The number of amides is 3. The molecule has 1 aliphatic rings. The smallest absolute Gasteiger partial charge is 0.246 e. The lowest BCUT2D eigenvalue weighted by Gasteiger charge is -2.23. The molecule has 0 aliphatic carbocycles. The number of ether oxygens (including phenoxy) is 1. The van der Waals surface area contributed by atoms with E-state index in [1.54, 1.807) is 22.9 Å². The van der Waals surface area contributed by atoms with Crippen LogP contribution in [-0.4, -0.2) is 42.8 Å². The Morgan fingerprint density at radius 1 is 1.02 bits per heavy atom. The molecule has 5 rings (SSSR count). The van der Waals surface area contributed by atoms with E-state index >= 15 is 0 Å². The highest BCUT2D eigenvalue weighted by Crippen LogP contribution is 2.30. The number of carbonyl (C=O) groups excluding carboxylic acids is 3. The van der Waals surface area contributed by atoms with Crippen molar-refractivity contribution in [1.82, 2.24) is 10.3 Å². The van der Waals surface area contributed by atoms with E-state index in [9.17, 15) is 14.4 Å². The van der Waals surface area contributed by atoms with Gasteiger partial charge in [-0.2, -0.15) is 0 Å². The summed E-state index contributed by atoms with van der Waals surface area (Å²) in [5.74, 6) is 0.247. The van der Waals surface area contributed by atoms with Crippen molar-refractivity contribution < 1.29 is 19.1 Å². The Morgan fingerprint density at radius 3 is 2.52 bits per heavy atom. The van der Waals surface area contributed by atoms with E-state index in [0.717, 1.165) is 74.5 Å². The van der Waals surface area contributed by atoms with Crippen molar-refractivity contribution in [3.05, 3.63) is 100 Å². The monoisotopic (exact) mass is 590 g/mol. The lowest BCUT2D eigenvalue weighted by atomic mass is 10.0. The number of aromatic nitrogens is 1. The van der Waals surface area contributed by atoms with Crippen LogP contribution in [0, 0.1) is 27.7 Å². The number of para-hydroxylation sites is 1. The molecule has 3 aromatic carbocycles. The molecule has 1 aliphatic heterocycles. The van der Waals surface area contributed by atoms with Gasteiger partial charge in [-0.05, 0) is 98.3 Å². The Kier molecular flexibility index (Phi) is 9.09. The number of nitrogens with one attached hydrogen (secondary N) is 1. The largest absolute Gasteiger partial charge is 0.487 e. The number of likely N-dealkylation sites (N-methyl/N-ethyl adjacent to an activating group) is 1. The van der Waals surface area contributed by atoms with Crippen LogP contribution in [0.4, 0.5) is 11.4 Å². The van der Waals surface area contributed by atoms with Crippen LogP contribution in [-0.2, 0) is 21.0 Å². The molecule has 0 spiro atoms. The highest BCUT2D eigenvalue weighted by Gasteiger charge is 2.21. The van der Waals surface area contributed by atoms with Gasteiger partial charge in [0.1, 0.15) is 17.9 Å². The highest BCUT2D eigenvalue weighted by atomic mass is 16.5. The summed E-state index contributed by atoms with van der Waals surface area (Å²) < 4.78 is 6.30. The van der Waals surface area contributed by atoms with Crippen molar-refractivity contribution in [2.24, 2.45) is 0 Å². The van der Waals surface area contributed by atoms with Gasteiger partial charge in [0.2, 0.25) is 17.7 Å². The number of hydrogen-bond acceptors (Lipinski definition) is 5. The van der Waals surface area contributed by atoms with Gasteiger partial charge in [-0.1, -0.05) is 30.3 Å². The molecule has 226 valence electrons. The minimum Gasteiger partial charge on any atom is -0.487 e. The molecule has 1 saturated heterocycles. The zero-order chi connectivity index (χ0) is 31.4. The number of benzene rings is 3. The number of fused-ring (bicyclic) bond motifs is 1. The van der Waals surface area contributed by atoms with Crippen LogP contribution in [0.5, 0.6) is 5.75 Å². The van der Waals surface area contributed by atoms with Gasteiger partial charge in [0, 0.05) is 48.5 Å². The van der Waals surface area contributed by atoms with Crippen molar-refractivity contribution in [3.63, 3.8) is 0 Å². The lowest BCUT2D eigenvalue weighted by molar-refractivity contribution is -0.122. The van der Waals surface area contributed by atoms with E-state index in [4.69, 9.17) is 9.72 Å². The first-order chi connectivity index (χ1) is 21.1. The number of rotatable bonds is 9. The molecule has 4 aromatic rings. The Hall–Kier alpha value is -4.98. The molecule has 0 saturated carbocycles. The van der Waals surface area contributed by atoms with E-state index in [1.165, 1.54) is 6.08 Å². The quantitative estimate of drug-likeness (QED) is 0.243. The Bertz CT molecular complexity index is 1760. The molecular weight excluding hydrogens is 552 g/mol.